The average Bonchev–Trinajstić information content (AvgIpc) is 2.38. The van der Waals surface area contributed by atoms with Crippen molar-refractivity contribution < 1.29 is 0 Å². The highest BCUT2D eigenvalue weighted by atomic mass is 35.5. The van der Waals surface area contributed by atoms with Crippen LogP contribution in [0.3, 0.4) is 0 Å². The normalized spacial score (nSPS) is 11.6. The number of rotatable bonds is 3. The van der Waals surface area contributed by atoms with Crippen LogP contribution in [0, 0.1) is 0 Å². The van der Waals surface area contributed by atoms with E-state index in [-0.39, 0.29) is 0 Å². The number of nitrogens with zero attached hydrogens (tertiary/aromatic N) is 1. The number of nitrogens with two attached hydrogens (primary N) is 1. The molecule has 2 N–H and O–H groups in total. The maximum atomic E-state index is 5.87. The van der Waals surface area contributed by atoms with E-state index in [1.54, 1.807) is 6.92 Å². The Hall–Kier alpha value is -1.80. The fraction of sp³-hybridized carbons (Fsp3) is 0.133. The third-order valence-electron chi connectivity index (χ3n) is 2.64. The third kappa shape index (κ3) is 3.34. The van der Waals surface area contributed by atoms with Gasteiger partial charge in [-0.2, -0.15) is 0 Å². The summed E-state index contributed by atoms with van der Waals surface area (Å²) in [5, 5.41) is 0.753. The molecule has 0 heterocycles. The van der Waals surface area contributed by atoms with Crippen LogP contribution in [0.2, 0.25) is 5.02 Å². The van der Waals surface area contributed by atoms with Crippen LogP contribution in [0.15, 0.2) is 53.5 Å². The van der Waals surface area contributed by atoms with Crippen molar-refractivity contribution in [2.75, 3.05) is 0 Å². The SMILES string of the molecule is CC(N)=NCc1ccc(-c2ccc(Cl)cc2)cc1. The van der Waals surface area contributed by atoms with Crippen molar-refractivity contribution in [2.24, 2.45) is 10.7 Å². The van der Waals surface area contributed by atoms with Crippen molar-refractivity contribution in [3.8, 4) is 11.1 Å². The van der Waals surface area contributed by atoms with Crippen molar-refractivity contribution in [3.05, 3.63) is 59.1 Å². The number of aliphatic imine (C=N–C) groups is 1. The zero-order valence-electron chi connectivity index (χ0n) is 10.2. The van der Waals surface area contributed by atoms with Gasteiger partial charge in [0.2, 0.25) is 0 Å². The molecule has 0 unspecified atom stereocenters. The minimum absolute atomic E-state index is 0.608. The summed E-state index contributed by atoms with van der Waals surface area (Å²) < 4.78 is 0. The lowest BCUT2D eigenvalue weighted by molar-refractivity contribution is 1.06. The molecule has 0 aromatic heterocycles. The monoisotopic (exact) mass is 258 g/mol. The quantitative estimate of drug-likeness (QED) is 0.658. The van der Waals surface area contributed by atoms with Crippen LogP contribution < -0.4 is 5.73 Å². The first kappa shape index (κ1) is 12.7. The van der Waals surface area contributed by atoms with Crippen LogP contribution in [0.1, 0.15) is 12.5 Å². The molecule has 0 aliphatic carbocycles. The highest BCUT2D eigenvalue weighted by molar-refractivity contribution is 6.30. The van der Waals surface area contributed by atoms with Gasteiger partial charge >= 0.3 is 0 Å². The van der Waals surface area contributed by atoms with E-state index in [1.807, 2.05) is 24.3 Å². The number of halogens is 1. The Morgan fingerprint density at radius 3 is 2.00 bits per heavy atom. The minimum atomic E-state index is 0.608. The number of amidine groups is 1. The first-order chi connectivity index (χ1) is 8.65. The largest absolute Gasteiger partial charge is 0.388 e. The zero-order chi connectivity index (χ0) is 13.0. The van der Waals surface area contributed by atoms with Crippen LogP contribution in [-0.2, 0) is 6.54 Å². The number of hydrogen-bond acceptors (Lipinski definition) is 1. The maximum Gasteiger partial charge on any atom is 0.0909 e. The Kier molecular flexibility index (Phi) is 4.00. The van der Waals surface area contributed by atoms with Crippen molar-refractivity contribution >= 4 is 17.4 Å². The molecule has 2 aromatic carbocycles. The fourth-order valence-corrected chi connectivity index (χ4v) is 1.79. The summed E-state index contributed by atoms with van der Waals surface area (Å²) in [6.45, 7) is 2.42. The third-order valence-corrected chi connectivity index (χ3v) is 2.89. The molecule has 18 heavy (non-hydrogen) atoms. The molecule has 2 aromatic rings. The summed E-state index contributed by atoms with van der Waals surface area (Å²) in [7, 11) is 0. The van der Waals surface area contributed by atoms with Crippen LogP contribution in [0.5, 0.6) is 0 Å². The molecule has 92 valence electrons. The summed E-state index contributed by atoms with van der Waals surface area (Å²) in [5.74, 6) is 0.608. The van der Waals surface area contributed by atoms with Gasteiger partial charge in [-0.05, 0) is 35.7 Å². The summed E-state index contributed by atoms with van der Waals surface area (Å²) in [6.07, 6.45) is 0. The van der Waals surface area contributed by atoms with Gasteiger partial charge in [-0.15, -0.1) is 0 Å². The van der Waals surface area contributed by atoms with E-state index in [1.165, 1.54) is 5.56 Å². The molecular weight excluding hydrogens is 244 g/mol. The highest BCUT2D eigenvalue weighted by Gasteiger charge is 1.98. The zero-order valence-corrected chi connectivity index (χ0v) is 11.0. The fourth-order valence-electron chi connectivity index (χ4n) is 1.66. The van der Waals surface area contributed by atoms with Gasteiger partial charge in [-0.25, -0.2) is 0 Å². The topological polar surface area (TPSA) is 38.4 Å². The van der Waals surface area contributed by atoms with Crippen LogP contribution in [0.25, 0.3) is 11.1 Å². The minimum Gasteiger partial charge on any atom is -0.388 e. The van der Waals surface area contributed by atoms with Crippen molar-refractivity contribution in [1.82, 2.24) is 0 Å². The number of benzene rings is 2. The molecule has 0 amide bonds. The van der Waals surface area contributed by atoms with Gasteiger partial charge in [-0.3, -0.25) is 4.99 Å². The van der Waals surface area contributed by atoms with E-state index in [9.17, 15) is 0 Å². The smallest absolute Gasteiger partial charge is 0.0909 e. The van der Waals surface area contributed by atoms with Crippen molar-refractivity contribution in [2.45, 2.75) is 13.5 Å². The lowest BCUT2D eigenvalue weighted by atomic mass is 10.0. The maximum absolute atomic E-state index is 5.87. The molecule has 0 atom stereocenters. The average molecular weight is 259 g/mol. The van der Waals surface area contributed by atoms with E-state index in [4.69, 9.17) is 17.3 Å². The van der Waals surface area contributed by atoms with E-state index >= 15 is 0 Å². The molecule has 0 saturated heterocycles. The first-order valence-corrected chi connectivity index (χ1v) is 6.14. The molecule has 0 aliphatic rings. The van der Waals surface area contributed by atoms with Gasteiger partial charge in [0, 0.05) is 5.02 Å². The number of hydrogen-bond donors (Lipinski definition) is 1. The summed E-state index contributed by atoms with van der Waals surface area (Å²) in [6, 6.07) is 16.1. The second-order valence-electron chi connectivity index (χ2n) is 4.16. The molecule has 0 bridgehead atoms. The Bertz CT molecular complexity index is 538. The van der Waals surface area contributed by atoms with Crippen LogP contribution in [0.4, 0.5) is 0 Å². The predicted octanol–water partition coefficient (Wildman–Crippen LogP) is 3.88. The van der Waals surface area contributed by atoms with Gasteiger partial charge in [0.25, 0.3) is 0 Å². The Balaban J connectivity index is 2.17. The van der Waals surface area contributed by atoms with Crippen LogP contribution >= 0.6 is 11.6 Å². The van der Waals surface area contributed by atoms with Gasteiger partial charge < -0.3 is 5.73 Å². The summed E-state index contributed by atoms with van der Waals surface area (Å²) in [4.78, 5) is 4.19. The first-order valence-electron chi connectivity index (χ1n) is 5.76. The molecule has 3 heteroatoms. The van der Waals surface area contributed by atoms with Gasteiger partial charge in [0.1, 0.15) is 0 Å². The molecule has 0 aliphatic heterocycles. The lowest BCUT2D eigenvalue weighted by Crippen LogP contribution is -2.05. The van der Waals surface area contributed by atoms with Crippen molar-refractivity contribution in [1.29, 1.82) is 0 Å². The van der Waals surface area contributed by atoms with Crippen molar-refractivity contribution in [3.63, 3.8) is 0 Å². The summed E-state index contributed by atoms with van der Waals surface area (Å²) in [5.41, 5.74) is 8.99. The second kappa shape index (κ2) is 5.69. The summed E-state index contributed by atoms with van der Waals surface area (Å²) >= 11 is 5.87. The molecule has 2 nitrogen and oxygen atoms in total. The Labute approximate surface area is 112 Å². The Morgan fingerprint density at radius 2 is 1.50 bits per heavy atom. The van der Waals surface area contributed by atoms with E-state index in [2.05, 4.69) is 29.3 Å². The van der Waals surface area contributed by atoms with Crippen LogP contribution in [-0.4, -0.2) is 5.84 Å². The van der Waals surface area contributed by atoms with Gasteiger partial charge in [0.15, 0.2) is 0 Å². The molecule has 0 saturated carbocycles. The highest BCUT2D eigenvalue weighted by Crippen LogP contribution is 2.22. The Morgan fingerprint density at radius 1 is 1.00 bits per heavy atom. The lowest BCUT2D eigenvalue weighted by Gasteiger charge is -2.03. The standard InChI is InChI=1S/C15H15ClN2/c1-11(17)18-10-12-2-4-13(5-3-12)14-6-8-15(16)9-7-14/h2-9H,10H2,1H3,(H2,17,18). The molecule has 2 rings (SSSR count). The molecule has 0 radical (unpaired) electrons. The van der Waals surface area contributed by atoms with Gasteiger partial charge in [0.05, 0.1) is 12.4 Å². The molecule has 0 spiro atoms. The van der Waals surface area contributed by atoms with E-state index < -0.39 is 0 Å². The van der Waals surface area contributed by atoms with E-state index in [0.29, 0.717) is 12.4 Å². The van der Waals surface area contributed by atoms with Gasteiger partial charge in [-0.1, -0.05) is 48.0 Å². The molecular formula is C15H15ClN2. The predicted molar refractivity (Wildman–Crippen MR) is 77.9 cm³/mol. The second-order valence-corrected chi connectivity index (χ2v) is 4.60. The molecule has 0 fully saturated rings. The van der Waals surface area contributed by atoms with E-state index in [0.717, 1.165) is 16.1 Å².